The van der Waals surface area contributed by atoms with Crippen LogP contribution in [0.2, 0.25) is 10.0 Å². The lowest BCUT2D eigenvalue weighted by Gasteiger charge is -2.25. The zero-order valence-electron chi connectivity index (χ0n) is 19.4. The number of carbonyl (C=O) groups is 1. The van der Waals surface area contributed by atoms with Crippen molar-refractivity contribution in [2.45, 2.75) is 19.9 Å². The highest BCUT2D eigenvalue weighted by Crippen LogP contribution is 2.36. The molecule has 0 bridgehead atoms. The Morgan fingerprint density at radius 3 is 2.54 bits per heavy atom. The summed E-state index contributed by atoms with van der Waals surface area (Å²) in [4.78, 5) is 31.7. The molecule has 1 atom stereocenters. The van der Waals surface area contributed by atoms with E-state index in [9.17, 15) is 9.59 Å². The molecule has 4 rings (SSSR count). The molecule has 0 aliphatic carbocycles. The van der Waals surface area contributed by atoms with Crippen molar-refractivity contribution in [3.05, 3.63) is 88.5 Å². The van der Waals surface area contributed by atoms with E-state index in [2.05, 4.69) is 4.99 Å². The van der Waals surface area contributed by atoms with Crippen molar-refractivity contribution in [3.63, 3.8) is 0 Å². The molecule has 0 radical (unpaired) electrons. The van der Waals surface area contributed by atoms with Crippen LogP contribution in [0.25, 0.3) is 6.08 Å². The van der Waals surface area contributed by atoms with Crippen LogP contribution in [0.1, 0.15) is 31.0 Å². The Morgan fingerprint density at radius 1 is 1.14 bits per heavy atom. The second-order valence-corrected chi connectivity index (χ2v) is 9.44. The third-order valence-corrected chi connectivity index (χ3v) is 7.03. The van der Waals surface area contributed by atoms with Crippen LogP contribution in [-0.4, -0.2) is 31.4 Å². The number of methoxy groups -OCH3 is 2. The molecule has 0 saturated carbocycles. The third kappa shape index (κ3) is 4.74. The first-order valence-electron chi connectivity index (χ1n) is 10.7. The number of allylic oxidation sites excluding steroid dienone is 1. The van der Waals surface area contributed by atoms with Crippen molar-refractivity contribution >= 4 is 46.6 Å². The topological polar surface area (TPSA) is 79.1 Å². The van der Waals surface area contributed by atoms with E-state index in [0.717, 1.165) is 0 Å². The van der Waals surface area contributed by atoms with Crippen molar-refractivity contribution < 1.29 is 19.0 Å². The molecule has 1 aliphatic rings. The van der Waals surface area contributed by atoms with Gasteiger partial charge in [-0.05, 0) is 55.3 Å². The van der Waals surface area contributed by atoms with Crippen LogP contribution in [0.3, 0.4) is 0 Å². The van der Waals surface area contributed by atoms with Crippen molar-refractivity contribution in [3.8, 4) is 11.5 Å². The molecule has 3 aromatic rings. The second kappa shape index (κ2) is 10.3. The number of aromatic nitrogens is 1. The maximum atomic E-state index is 13.7. The molecule has 1 unspecified atom stereocenters. The first kappa shape index (κ1) is 25.0. The van der Waals surface area contributed by atoms with Gasteiger partial charge in [-0.25, -0.2) is 9.79 Å². The fraction of sp³-hybridized carbons (Fsp3) is 0.240. The van der Waals surface area contributed by atoms with Crippen molar-refractivity contribution in [1.29, 1.82) is 0 Å². The Balaban J connectivity index is 1.98. The molecule has 0 N–H and O–H groups in total. The minimum absolute atomic E-state index is 0.188. The number of halogens is 2. The summed E-state index contributed by atoms with van der Waals surface area (Å²) < 4.78 is 18.1. The standard InChI is InChI=1S/C25H22Cl2N2O5S/c1-5-34-24(31)21-13(2)28-25-29(22(21)15-7-9-18(32-3)19(10-15)33-4)23(30)20(35-25)11-14-6-8-16(26)12-17(14)27/h6-12,22H,5H2,1-4H3/b20-11-. The Bertz CT molecular complexity index is 1520. The summed E-state index contributed by atoms with van der Waals surface area (Å²) in [5.74, 6) is 0.459. The van der Waals surface area contributed by atoms with E-state index in [0.29, 0.717) is 47.7 Å². The summed E-state index contributed by atoms with van der Waals surface area (Å²) in [6, 6.07) is 9.55. The van der Waals surface area contributed by atoms with Gasteiger partial charge in [0.25, 0.3) is 5.56 Å². The highest BCUT2D eigenvalue weighted by atomic mass is 35.5. The molecule has 0 spiro atoms. The van der Waals surface area contributed by atoms with Gasteiger partial charge in [0, 0.05) is 10.0 Å². The van der Waals surface area contributed by atoms with E-state index in [1.807, 2.05) is 0 Å². The number of esters is 1. The zero-order valence-corrected chi connectivity index (χ0v) is 21.8. The highest BCUT2D eigenvalue weighted by Gasteiger charge is 2.33. The number of rotatable bonds is 6. The first-order valence-corrected chi connectivity index (χ1v) is 12.2. The number of carbonyl (C=O) groups excluding carboxylic acids is 1. The lowest BCUT2D eigenvalue weighted by Crippen LogP contribution is -2.40. The molecule has 10 heteroatoms. The highest BCUT2D eigenvalue weighted by molar-refractivity contribution is 7.07. The van der Waals surface area contributed by atoms with E-state index < -0.39 is 12.0 Å². The summed E-state index contributed by atoms with van der Waals surface area (Å²) in [5.41, 5.74) is 1.74. The number of fused-ring (bicyclic) bond motifs is 1. The minimum atomic E-state index is -0.770. The van der Waals surface area contributed by atoms with Gasteiger partial charge in [0.2, 0.25) is 0 Å². The molecule has 2 aromatic carbocycles. The smallest absolute Gasteiger partial charge is 0.338 e. The third-order valence-electron chi connectivity index (χ3n) is 5.49. The molecule has 1 aromatic heterocycles. The predicted octanol–water partition coefficient (Wildman–Crippen LogP) is 4.12. The molecule has 2 heterocycles. The van der Waals surface area contributed by atoms with Gasteiger partial charge >= 0.3 is 5.97 Å². The minimum Gasteiger partial charge on any atom is -0.493 e. The van der Waals surface area contributed by atoms with Crippen LogP contribution in [0, 0.1) is 0 Å². The molecule has 0 amide bonds. The molecular formula is C25H22Cl2N2O5S. The van der Waals surface area contributed by atoms with Gasteiger partial charge in [0.05, 0.1) is 42.7 Å². The van der Waals surface area contributed by atoms with E-state index in [4.69, 9.17) is 37.4 Å². The summed E-state index contributed by atoms with van der Waals surface area (Å²) in [6.07, 6.45) is 1.69. The van der Waals surface area contributed by atoms with Crippen LogP contribution < -0.4 is 24.4 Å². The number of ether oxygens (including phenoxy) is 3. The monoisotopic (exact) mass is 532 g/mol. The Hall–Kier alpha value is -3.07. The lowest BCUT2D eigenvalue weighted by atomic mass is 9.95. The summed E-state index contributed by atoms with van der Waals surface area (Å²) >= 11 is 13.5. The summed E-state index contributed by atoms with van der Waals surface area (Å²) in [7, 11) is 3.06. The summed E-state index contributed by atoms with van der Waals surface area (Å²) in [6.45, 7) is 3.64. The van der Waals surface area contributed by atoms with Gasteiger partial charge in [-0.15, -0.1) is 0 Å². The Morgan fingerprint density at radius 2 is 1.89 bits per heavy atom. The fourth-order valence-electron chi connectivity index (χ4n) is 3.89. The molecule has 0 saturated heterocycles. The van der Waals surface area contributed by atoms with E-state index in [-0.39, 0.29) is 17.7 Å². The van der Waals surface area contributed by atoms with Crippen LogP contribution in [0.5, 0.6) is 11.5 Å². The largest absolute Gasteiger partial charge is 0.493 e. The normalized spacial score (nSPS) is 15.5. The van der Waals surface area contributed by atoms with Gasteiger partial charge in [0.1, 0.15) is 0 Å². The zero-order chi connectivity index (χ0) is 25.3. The number of hydrogen-bond acceptors (Lipinski definition) is 7. The predicted molar refractivity (Wildman–Crippen MR) is 136 cm³/mol. The van der Waals surface area contributed by atoms with E-state index in [1.165, 1.54) is 30.1 Å². The average Bonchev–Trinajstić information content (AvgIpc) is 3.14. The molecular weight excluding hydrogens is 511 g/mol. The Kier molecular flexibility index (Phi) is 7.35. The molecule has 182 valence electrons. The van der Waals surface area contributed by atoms with Crippen molar-refractivity contribution in [1.82, 2.24) is 4.57 Å². The number of thiazole rings is 1. The summed E-state index contributed by atoms with van der Waals surface area (Å²) in [5, 5.41) is 0.917. The number of hydrogen-bond donors (Lipinski definition) is 0. The second-order valence-electron chi connectivity index (χ2n) is 7.58. The molecule has 1 aliphatic heterocycles. The molecule has 0 fully saturated rings. The van der Waals surface area contributed by atoms with Gasteiger partial charge in [-0.2, -0.15) is 0 Å². The number of benzene rings is 2. The van der Waals surface area contributed by atoms with Crippen LogP contribution in [-0.2, 0) is 9.53 Å². The number of nitrogens with zero attached hydrogens (tertiary/aromatic N) is 2. The van der Waals surface area contributed by atoms with Crippen molar-refractivity contribution in [2.75, 3.05) is 20.8 Å². The van der Waals surface area contributed by atoms with Gasteiger partial charge < -0.3 is 14.2 Å². The van der Waals surface area contributed by atoms with Crippen LogP contribution in [0.15, 0.2) is 57.5 Å². The SMILES string of the molecule is CCOC(=O)C1=C(C)N=c2s/c(=C\c3ccc(Cl)cc3Cl)c(=O)n2C1c1ccc(OC)c(OC)c1. The van der Waals surface area contributed by atoms with Gasteiger partial charge in [-0.3, -0.25) is 9.36 Å². The lowest BCUT2D eigenvalue weighted by molar-refractivity contribution is -0.139. The van der Waals surface area contributed by atoms with Crippen molar-refractivity contribution in [2.24, 2.45) is 4.99 Å². The van der Waals surface area contributed by atoms with Crippen LogP contribution in [0.4, 0.5) is 0 Å². The van der Waals surface area contributed by atoms with Gasteiger partial charge in [-0.1, -0.05) is 46.7 Å². The first-order chi connectivity index (χ1) is 16.8. The molecule has 35 heavy (non-hydrogen) atoms. The van der Waals surface area contributed by atoms with Gasteiger partial charge in [0.15, 0.2) is 16.3 Å². The maximum absolute atomic E-state index is 13.7. The average molecular weight is 533 g/mol. The molecule has 7 nitrogen and oxygen atoms in total. The Labute approximate surface area is 215 Å². The van der Waals surface area contributed by atoms with E-state index in [1.54, 1.807) is 56.3 Å². The fourth-order valence-corrected chi connectivity index (χ4v) is 5.39. The quantitative estimate of drug-likeness (QED) is 0.446. The maximum Gasteiger partial charge on any atom is 0.338 e. The van der Waals surface area contributed by atoms with Crippen LogP contribution >= 0.6 is 34.5 Å². The van der Waals surface area contributed by atoms with E-state index >= 15 is 0 Å².